The van der Waals surface area contributed by atoms with Gasteiger partial charge in [0.2, 0.25) is 20.0 Å². The average Bonchev–Trinajstić information content (AvgIpc) is 2.81. The minimum atomic E-state index is -3.91. The van der Waals surface area contributed by atoms with E-state index in [-0.39, 0.29) is 53.2 Å². The number of rotatable bonds is 7. The van der Waals surface area contributed by atoms with Crippen LogP contribution >= 0.6 is 0 Å². The Morgan fingerprint density at radius 3 is 2.21 bits per heavy atom. The van der Waals surface area contributed by atoms with Crippen molar-refractivity contribution in [2.45, 2.75) is 30.6 Å². The van der Waals surface area contributed by atoms with E-state index in [0.29, 0.717) is 18.7 Å². The number of nitrogens with zero attached hydrogens (tertiary/aromatic N) is 3. The minimum absolute atomic E-state index is 0.0492. The molecule has 0 atom stereocenters. The highest BCUT2D eigenvalue weighted by atomic mass is 32.2. The number of phenols is 1. The van der Waals surface area contributed by atoms with E-state index >= 15 is 0 Å². The number of aryl methyl sites for hydroxylation is 1. The summed E-state index contributed by atoms with van der Waals surface area (Å²) in [5, 5.41) is 10.0. The Balaban J connectivity index is 1.76. The monoisotopic (exact) mass is 495 g/mol. The van der Waals surface area contributed by atoms with Gasteiger partial charge in [-0.1, -0.05) is 26.0 Å². The molecule has 1 heterocycles. The molecule has 11 heteroatoms. The van der Waals surface area contributed by atoms with Crippen LogP contribution in [-0.4, -0.2) is 80.6 Å². The van der Waals surface area contributed by atoms with Gasteiger partial charge in [0.1, 0.15) is 10.6 Å². The lowest BCUT2D eigenvalue weighted by molar-refractivity contribution is 0.0697. The highest BCUT2D eigenvalue weighted by molar-refractivity contribution is 7.89. The standard InChI is InChI=1S/C22H29N3O6S2/c1-4-24(5-2)32(28,29)19-8-6-7-18(16-19)22(27)23-11-13-25(14-12-23)33(30,31)21-15-17(3)9-10-20(21)26/h6-10,15-16,26H,4-5,11-14H2,1-3H3. The van der Waals surface area contributed by atoms with E-state index in [0.717, 1.165) is 0 Å². The topological polar surface area (TPSA) is 115 Å². The Bertz CT molecular complexity index is 1230. The molecule has 1 aliphatic heterocycles. The van der Waals surface area contributed by atoms with Crippen molar-refractivity contribution in [2.75, 3.05) is 39.3 Å². The van der Waals surface area contributed by atoms with Gasteiger partial charge in [0.15, 0.2) is 0 Å². The largest absolute Gasteiger partial charge is 0.507 e. The molecule has 1 N–H and O–H groups in total. The first kappa shape index (κ1) is 25.2. The molecule has 1 saturated heterocycles. The molecular weight excluding hydrogens is 466 g/mol. The van der Waals surface area contributed by atoms with Gasteiger partial charge in [-0.05, 0) is 42.8 Å². The molecule has 0 aromatic heterocycles. The first-order chi connectivity index (χ1) is 15.5. The first-order valence-corrected chi connectivity index (χ1v) is 13.6. The number of hydrogen-bond donors (Lipinski definition) is 1. The summed E-state index contributed by atoms with van der Waals surface area (Å²) in [7, 11) is -7.61. The van der Waals surface area contributed by atoms with Gasteiger partial charge in [-0.15, -0.1) is 0 Å². The molecule has 0 saturated carbocycles. The van der Waals surface area contributed by atoms with Gasteiger partial charge in [-0.2, -0.15) is 8.61 Å². The number of piperazine rings is 1. The number of benzene rings is 2. The lowest BCUT2D eigenvalue weighted by Crippen LogP contribution is -2.50. The second-order valence-electron chi connectivity index (χ2n) is 7.78. The van der Waals surface area contributed by atoms with Crippen molar-refractivity contribution in [3.05, 3.63) is 53.6 Å². The number of phenolic OH excluding ortho intramolecular Hbond substituents is 1. The van der Waals surface area contributed by atoms with Crippen molar-refractivity contribution < 1.29 is 26.7 Å². The quantitative estimate of drug-likeness (QED) is 0.627. The Hall–Kier alpha value is -2.47. The molecule has 0 bridgehead atoms. The summed E-state index contributed by atoms with van der Waals surface area (Å²) < 4.78 is 54.1. The summed E-state index contributed by atoms with van der Waals surface area (Å²) >= 11 is 0. The Morgan fingerprint density at radius 1 is 0.970 bits per heavy atom. The van der Waals surface area contributed by atoms with Gasteiger partial charge in [-0.3, -0.25) is 4.79 Å². The van der Waals surface area contributed by atoms with Crippen LogP contribution in [0, 0.1) is 6.92 Å². The van der Waals surface area contributed by atoms with Gasteiger partial charge in [0, 0.05) is 44.8 Å². The van der Waals surface area contributed by atoms with E-state index in [2.05, 4.69) is 0 Å². The van der Waals surface area contributed by atoms with E-state index in [1.54, 1.807) is 32.9 Å². The fourth-order valence-electron chi connectivity index (χ4n) is 3.78. The van der Waals surface area contributed by atoms with Gasteiger partial charge < -0.3 is 10.0 Å². The predicted molar refractivity (Wildman–Crippen MR) is 124 cm³/mol. The van der Waals surface area contributed by atoms with Crippen molar-refractivity contribution in [1.29, 1.82) is 0 Å². The molecular formula is C22H29N3O6S2. The van der Waals surface area contributed by atoms with Crippen molar-refractivity contribution in [1.82, 2.24) is 13.5 Å². The minimum Gasteiger partial charge on any atom is -0.507 e. The van der Waals surface area contributed by atoms with E-state index in [4.69, 9.17) is 0 Å². The fraction of sp³-hybridized carbons (Fsp3) is 0.409. The molecule has 0 unspecified atom stereocenters. The van der Waals surface area contributed by atoms with Crippen LogP contribution in [0.5, 0.6) is 5.75 Å². The molecule has 33 heavy (non-hydrogen) atoms. The third-order valence-corrected chi connectivity index (χ3v) is 9.66. The molecule has 1 aliphatic rings. The molecule has 2 aromatic carbocycles. The molecule has 180 valence electrons. The number of carbonyl (C=O) groups excluding carboxylic acids is 1. The van der Waals surface area contributed by atoms with Crippen molar-refractivity contribution in [3.8, 4) is 5.75 Å². The molecule has 0 aliphatic carbocycles. The number of sulfonamides is 2. The normalized spacial score (nSPS) is 15.7. The molecule has 0 spiro atoms. The van der Waals surface area contributed by atoms with Crippen LogP contribution in [0.25, 0.3) is 0 Å². The lowest BCUT2D eigenvalue weighted by Gasteiger charge is -2.34. The highest BCUT2D eigenvalue weighted by Gasteiger charge is 2.32. The summed E-state index contributed by atoms with van der Waals surface area (Å²) in [5.74, 6) is -0.674. The maximum atomic E-state index is 13.0. The highest BCUT2D eigenvalue weighted by Crippen LogP contribution is 2.27. The third kappa shape index (κ3) is 5.06. The van der Waals surface area contributed by atoms with Crippen molar-refractivity contribution >= 4 is 26.0 Å². The van der Waals surface area contributed by atoms with Crippen LogP contribution in [0.1, 0.15) is 29.8 Å². The summed E-state index contributed by atoms with van der Waals surface area (Å²) in [6, 6.07) is 10.3. The second-order valence-corrected chi connectivity index (χ2v) is 11.6. The maximum Gasteiger partial charge on any atom is 0.253 e. The molecule has 1 amide bonds. The summed E-state index contributed by atoms with van der Waals surface area (Å²) in [6.45, 7) is 6.32. The Kier molecular flexibility index (Phi) is 7.47. The number of aromatic hydroxyl groups is 1. The first-order valence-electron chi connectivity index (χ1n) is 10.7. The van der Waals surface area contributed by atoms with Crippen LogP contribution < -0.4 is 0 Å². The molecule has 0 radical (unpaired) electrons. The van der Waals surface area contributed by atoms with E-state index < -0.39 is 20.0 Å². The van der Waals surface area contributed by atoms with E-state index in [1.165, 1.54) is 43.8 Å². The smallest absolute Gasteiger partial charge is 0.253 e. The number of carbonyl (C=O) groups is 1. The summed E-state index contributed by atoms with van der Waals surface area (Å²) in [4.78, 5) is 14.4. The van der Waals surface area contributed by atoms with Gasteiger partial charge >= 0.3 is 0 Å². The summed E-state index contributed by atoms with van der Waals surface area (Å²) in [6.07, 6.45) is 0. The molecule has 9 nitrogen and oxygen atoms in total. The third-order valence-electron chi connectivity index (χ3n) is 5.68. The van der Waals surface area contributed by atoms with Crippen LogP contribution in [0.15, 0.2) is 52.3 Å². The van der Waals surface area contributed by atoms with Gasteiger partial charge in [0.25, 0.3) is 5.91 Å². The van der Waals surface area contributed by atoms with Crippen molar-refractivity contribution in [2.24, 2.45) is 0 Å². The maximum absolute atomic E-state index is 13.0. The SMILES string of the molecule is CCN(CC)S(=O)(=O)c1cccc(C(=O)N2CCN(S(=O)(=O)c3cc(C)ccc3O)CC2)c1. The zero-order chi connectivity index (χ0) is 24.4. The van der Waals surface area contributed by atoms with E-state index in [9.17, 15) is 26.7 Å². The van der Waals surface area contributed by atoms with Gasteiger partial charge in [0.05, 0.1) is 4.90 Å². The van der Waals surface area contributed by atoms with Crippen molar-refractivity contribution in [3.63, 3.8) is 0 Å². The average molecular weight is 496 g/mol. The predicted octanol–water partition coefficient (Wildman–Crippen LogP) is 1.88. The van der Waals surface area contributed by atoms with Crippen LogP contribution in [0.2, 0.25) is 0 Å². The van der Waals surface area contributed by atoms with Crippen LogP contribution in [0.3, 0.4) is 0 Å². The molecule has 2 aromatic rings. The number of amides is 1. The Labute approximate surface area is 195 Å². The zero-order valence-corrected chi connectivity index (χ0v) is 20.6. The van der Waals surface area contributed by atoms with E-state index in [1.807, 2.05) is 0 Å². The fourth-order valence-corrected chi connectivity index (χ4v) is 6.88. The Morgan fingerprint density at radius 2 is 1.61 bits per heavy atom. The summed E-state index contributed by atoms with van der Waals surface area (Å²) in [5.41, 5.74) is 0.940. The molecule has 1 fully saturated rings. The lowest BCUT2D eigenvalue weighted by atomic mass is 10.2. The zero-order valence-electron chi connectivity index (χ0n) is 18.9. The molecule has 3 rings (SSSR count). The second kappa shape index (κ2) is 9.80. The number of hydrogen-bond acceptors (Lipinski definition) is 6. The van der Waals surface area contributed by atoms with Crippen LogP contribution in [0.4, 0.5) is 0 Å². The van der Waals surface area contributed by atoms with Crippen LogP contribution in [-0.2, 0) is 20.0 Å². The van der Waals surface area contributed by atoms with Gasteiger partial charge in [-0.25, -0.2) is 16.8 Å².